The van der Waals surface area contributed by atoms with Crippen LogP contribution in [0.25, 0.3) is 0 Å². The topological polar surface area (TPSA) is 113 Å². The van der Waals surface area contributed by atoms with Gasteiger partial charge in [0.25, 0.3) is 5.91 Å². The van der Waals surface area contributed by atoms with Crippen LogP contribution in [0.3, 0.4) is 0 Å². The van der Waals surface area contributed by atoms with Crippen LogP contribution in [0.2, 0.25) is 0 Å². The van der Waals surface area contributed by atoms with Crippen LogP contribution in [-0.2, 0) is 14.8 Å². The number of rotatable bonds is 8. The van der Waals surface area contributed by atoms with Crippen molar-refractivity contribution in [3.63, 3.8) is 0 Å². The second-order valence-corrected chi connectivity index (χ2v) is 7.08. The number of hydrogen-bond donors (Lipinski definition) is 2. The molecule has 0 saturated carbocycles. The summed E-state index contributed by atoms with van der Waals surface area (Å²) < 4.78 is 32.1. The molecule has 1 rings (SSSR count). The van der Waals surface area contributed by atoms with Gasteiger partial charge in [-0.2, -0.15) is 4.72 Å². The first-order chi connectivity index (χ1) is 11.1. The number of carboxylic acids is 1. The highest BCUT2D eigenvalue weighted by Crippen LogP contribution is 2.23. The third-order valence-corrected chi connectivity index (χ3v) is 4.76. The van der Waals surface area contributed by atoms with E-state index in [1.807, 2.05) is 0 Å². The first-order valence-electron chi connectivity index (χ1n) is 7.28. The van der Waals surface area contributed by atoms with Gasteiger partial charge >= 0.3 is 5.97 Å². The summed E-state index contributed by atoms with van der Waals surface area (Å²) in [6.07, 6.45) is 0.667. The predicted molar refractivity (Wildman–Crippen MR) is 87.7 cm³/mol. The van der Waals surface area contributed by atoms with Gasteiger partial charge in [0.15, 0.2) is 0 Å². The molecule has 134 valence electrons. The molecule has 1 aromatic rings. The molecule has 0 aliphatic rings. The van der Waals surface area contributed by atoms with Crippen molar-refractivity contribution in [3.8, 4) is 5.75 Å². The van der Waals surface area contributed by atoms with Gasteiger partial charge in [-0.3, -0.25) is 9.59 Å². The van der Waals surface area contributed by atoms with E-state index in [9.17, 15) is 18.0 Å². The van der Waals surface area contributed by atoms with Gasteiger partial charge in [-0.15, -0.1) is 0 Å². The summed E-state index contributed by atoms with van der Waals surface area (Å²) in [7, 11) is 0.342. The van der Waals surface area contributed by atoms with Gasteiger partial charge in [0.2, 0.25) is 10.0 Å². The maximum atomic E-state index is 12.4. The Morgan fingerprint density at radius 2 is 1.96 bits per heavy atom. The second-order valence-electron chi connectivity index (χ2n) is 5.36. The van der Waals surface area contributed by atoms with Gasteiger partial charge in [0.1, 0.15) is 11.8 Å². The number of nitrogens with zero attached hydrogens (tertiary/aromatic N) is 1. The number of sulfonamides is 1. The van der Waals surface area contributed by atoms with E-state index in [2.05, 4.69) is 4.72 Å². The van der Waals surface area contributed by atoms with Gasteiger partial charge in [0.05, 0.1) is 17.6 Å². The van der Waals surface area contributed by atoms with Crippen molar-refractivity contribution in [1.29, 1.82) is 0 Å². The number of carbonyl (C=O) groups is 2. The largest absolute Gasteiger partial charge is 0.496 e. The van der Waals surface area contributed by atoms with Crippen LogP contribution >= 0.6 is 0 Å². The molecule has 9 heteroatoms. The van der Waals surface area contributed by atoms with E-state index in [0.717, 1.165) is 0 Å². The predicted octanol–water partition coefficient (Wildman–Crippen LogP) is 0.929. The maximum absolute atomic E-state index is 12.4. The van der Waals surface area contributed by atoms with Crippen LogP contribution in [0.1, 0.15) is 30.1 Å². The quantitative estimate of drug-likeness (QED) is 0.715. The van der Waals surface area contributed by atoms with Crippen molar-refractivity contribution in [1.82, 2.24) is 9.62 Å². The zero-order valence-electron chi connectivity index (χ0n) is 14.1. The Labute approximate surface area is 141 Å². The molecule has 0 aliphatic heterocycles. The summed E-state index contributed by atoms with van der Waals surface area (Å²) in [6, 6.07) is 2.57. The van der Waals surface area contributed by atoms with Gasteiger partial charge in [0, 0.05) is 14.1 Å². The lowest BCUT2D eigenvalue weighted by atomic mass is 10.2. The molecule has 8 nitrogen and oxygen atoms in total. The van der Waals surface area contributed by atoms with Crippen molar-refractivity contribution in [2.24, 2.45) is 0 Å². The molecule has 0 aromatic heterocycles. The van der Waals surface area contributed by atoms with Crippen LogP contribution in [0.15, 0.2) is 23.1 Å². The molecule has 0 heterocycles. The standard InChI is InChI=1S/C15H22N2O6S/c1-5-6-12(15(19)20)16-24(21,22)10-7-8-13(23-4)11(9-10)14(18)17(2)3/h7-9,12,16H,5-6H2,1-4H3,(H,19,20). The molecular formula is C15H22N2O6S. The minimum Gasteiger partial charge on any atom is -0.496 e. The number of aliphatic carboxylic acids is 1. The van der Waals surface area contributed by atoms with E-state index in [-0.39, 0.29) is 22.6 Å². The lowest BCUT2D eigenvalue weighted by molar-refractivity contribution is -0.139. The normalized spacial score (nSPS) is 12.5. The fourth-order valence-corrected chi connectivity index (χ4v) is 3.29. The minimum atomic E-state index is -4.09. The molecule has 1 amide bonds. The monoisotopic (exact) mass is 358 g/mol. The second kappa shape index (κ2) is 8.11. The van der Waals surface area contributed by atoms with Crippen molar-refractivity contribution in [2.45, 2.75) is 30.7 Å². The highest BCUT2D eigenvalue weighted by molar-refractivity contribution is 7.89. The average Bonchev–Trinajstić information content (AvgIpc) is 2.52. The summed E-state index contributed by atoms with van der Waals surface area (Å²) in [5.74, 6) is -1.44. The number of methoxy groups -OCH3 is 1. The van der Waals surface area contributed by atoms with E-state index in [0.29, 0.717) is 6.42 Å². The van der Waals surface area contributed by atoms with Gasteiger partial charge in [-0.1, -0.05) is 13.3 Å². The molecular weight excluding hydrogens is 336 g/mol. The van der Waals surface area contributed by atoms with Crippen molar-refractivity contribution >= 4 is 21.9 Å². The van der Waals surface area contributed by atoms with E-state index in [4.69, 9.17) is 9.84 Å². The Bertz CT molecular complexity index is 715. The van der Waals surface area contributed by atoms with Gasteiger partial charge in [-0.05, 0) is 24.6 Å². The lowest BCUT2D eigenvalue weighted by Crippen LogP contribution is -2.40. The fourth-order valence-electron chi connectivity index (χ4n) is 2.04. The molecule has 24 heavy (non-hydrogen) atoms. The highest BCUT2D eigenvalue weighted by Gasteiger charge is 2.26. The zero-order chi connectivity index (χ0) is 18.5. The Morgan fingerprint density at radius 3 is 2.42 bits per heavy atom. The van der Waals surface area contributed by atoms with Crippen LogP contribution < -0.4 is 9.46 Å². The number of carbonyl (C=O) groups excluding carboxylic acids is 1. The Morgan fingerprint density at radius 1 is 1.33 bits per heavy atom. The smallest absolute Gasteiger partial charge is 0.321 e. The molecule has 1 aromatic carbocycles. The van der Waals surface area contributed by atoms with Gasteiger partial charge in [-0.25, -0.2) is 8.42 Å². The maximum Gasteiger partial charge on any atom is 0.321 e. The molecule has 0 bridgehead atoms. The Kier molecular flexibility index (Phi) is 6.73. The summed E-state index contributed by atoms with van der Waals surface area (Å²) >= 11 is 0. The molecule has 0 radical (unpaired) electrons. The SMILES string of the molecule is CCCC(NS(=O)(=O)c1ccc(OC)c(C(=O)N(C)C)c1)C(=O)O. The number of carboxylic acid groups (broad SMARTS) is 1. The molecule has 2 N–H and O–H groups in total. The van der Waals surface area contributed by atoms with Crippen LogP contribution in [-0.4, -0.2) is 57.5 Å². The molecule has 0 saturated heterocycles. The number of nitrogens with one attached hydrogen (secondary N) is 1. The fraction of sp³-hybridized carbons (Fsp3) is 0.467. The molecule has 1 unspecified atom stereocenters. The first kappa shape index (κ1) is 19.9. The molecule has 0 spiro atoms. The number of benzene rings is 1. The van der Waals surface area contributed by atoms with Crippen LogP contribution in [0.4, 0.5) is 0 Å². The number of amides is 1. The van der Waals surface area contributed by atoms with E-state index < -0.39 is 27.9 Å². The zero-order valence-corrected chi connectivity index (χ0v) is 14.9. The third-order valence-electron chi connectivity index (χ3n) is 3.29. The third kappa shape index (κ3) is 4.68. The van der Waals surface area contributed by atoms with Crippen LogP contribution in [0, 0.1) is 0 Å². The molecule has 0 fully saturated rings. The first-order valence-corrected chi connectivity index (χ1v) is 8.77. The van der Waals surface area contributed by atoms with Crippen LogP contribution in [0.5, 0.6) is 5.75 Å². The van der Waals surface area contributed by atoms with Crippen molar-refractivity contribution < 1.29 is 27.9 Å². The summed E-state index contributed by atoms with van der Waals surface area (Å²) in [6.45, 7) is 1.76. The molecule has 1 atom stereocenters. The number of hydrogen-bond acceptors (Lipinski definition) is 5. The van der Waals surface area contributed by atoms with E-state index in [1.165, 1.54) is 44.3 Å². The van der Waals surface area contributed by atoms with Gasteiger partial charge < -0.3 is 14.7 Å². The summed E-state index contributed by atoms with van der Waals surface area (Å²) in [5, 5.41) is 9.10. The average molecular weight is 358 g/mol. The van der Waals surface area contributed by atoms with Crippen molar-refractivity contribution in [2.75, 3.05) is 21.2 Å². The summed E-state index contributed by atoms with van der Waals surface area (Å²) in [4.78, 5) is 24.4. The molecule has 0 aliphatic carbocycles. The van der Waals surface area contributed by atoms with E-state index >= 15 is 0 Å². The van der Waals surface area contributed by atoms with E-state index in [1.54, 1.807) is 6.92 Å². The minimum absolute atomic E-state index is 0.0766. The highest BCUT2D eigenvalue weighted by atomic mass is 32.2. The summed E-state index contributed by atoms with van der Waals surface area (Å²) in [5.41, 5.74) is 0.0766. The Balaban J connectivity index is 3.27. The lowest BCUT2D eigenvalue weighted by Gasteiger charge is -2.17. The Hall–Kier alpha value is -2.13. The van der Waals surface area contributed by atoms with Crippen molar-refractivity contribution in [3.05, 3.63) is 23.8 Å². The number of ether oxygens (including phenoxy) is 1.